The first-order valence-electron chi connectivity index (χ1n) is 12.4. The van der Waals surface area contributed by atoms with Crippen molar-refractivity contribution in [3.8, 4) is 0 Å². The molecule has 4 heterocycles. The van der Waals surface area contributed by atoms with Gasteiger partial charge in [0.25, 0.3) is 11.5 Å². The van der Waals surface area contributed by atoms with E-state index in [1.807, 2.05) is 5.38 Å². The van der Waals surface area contributed by atoms with Gasteiger partial charge in [0.05, 0.1) is 16.3 Å². The maximum absolute atomic E-state index is 13.3. The van der Waals surface area contributed by atoms with Crippen molar-refractivity contribution in [2.75, 3.05) is 13.1 Å². The third-order valence-corrected chi connectivity index (χ3v) is 8.66. The number of hydrogen-bond donors (Lipinski definition) is 1. The van der Waals surface area contributed by atoms with Gasteiger partial charge in [0, 0.05) is 52.6 Å². The zero-order valence-corrected chi connectivity index (χ0v) is 23.5. The molecular weight excluding hydrogens is 606 g/mol. The van der Waals surface area contributed by atoms with Gasteiger partial charge in [0.15, 0.2) is 6.10 Å². The molecule has 0 aliphatic carbocycles. The van der Waals surface area contributed by atoms with Crippen molar-refractivity contribution in [3.63, 3.8) is 0 Å². The molecule has 41 heavy (non-hydrogen) atoms. The predicted molar refractivity (Wildman–Crippen MR) is 146 cm³/mol. The summed E-state index contributed by atoms with van der Waals surface area (Å²) in [5, 5.41) is 7.93. The lowest BCUT2D eigenvalue weighted by molar-refractivity contribution is -0.139. The number of hydrogen-bond acceptors (Lipinski definition) is 7. The molecule has 1 aromatic carbocycles. The number of oxime groups is 1. The van der Waals surface area contributed by atoms with Gasteiger partial charge in [-0.05, 0) is 31.0 Å². The lowest BCUT2D eigenvalue weighted by Gasteiger charge is -2.31. The van der Waals surface area contributed by atoms with Crippen LogP contribution < -0.4 is 11.3 Å². The number of likely N-dealkylation sites (tertiary alicyclic amines) is 1. The van der Waals surface area contributed by atoms with Crippen LogP contribution in [0.1, 0.15) is 63.5 Å². The van der Waals surface area contributed by atoms with Gasteiger partial charge < -0.3 is 20.0 Å². The molecule has 2 amide bonds. The SMILES string of the molecule is NC(=O)c1cc(C(F)(F)F)cn(CC(=O)N2CCC(c3nc(C4=NOC(c5c(Cl)cccc5Cl)C4)cs3)CC2)c1=O. The van der Waals surface area contributed by atoms with E-state index < -0.39 is 47.3 Å². The summed E-state index contributed by atoms with van der Waals surface area (Å²) in [6, 6.07) is 5.62. The number of carbonyl (C=O) groups is 2. The fourth-order valence-electron chi connectivity index (χ4n) is 4.82. The summed E-state index contributed by atoms with van der Waals surface area (Å²) in [5.41, 5.74) is 3.98. The van der Waals surface area contributed by atoms with Crippen LogP contribution in [0.25, 0.3) is 0 Å². The van der Waals surface area contributed by atoms with Crippen LogP contribution in [0, 0.1) is 0 Å². The zero-order chi connectivity index (χ0) is 29.5. The number of rotatable bonds is 6. The van der Waals surface area contributed by atoms with Gasteiger partial charge in [-0.15, -0.1) is 11.3 Å². The van der Waals surface area contributed by atoms with Crippen molar-refractivity contribution in [1.29, 1.82) is 0 Å². The molecule has 1 saturated heterocycles. The minimum atomic E-state index is -4.83. The molecule has 1 fully saturated rings. The first-order valence-corrected chi connectivity index (χ1v) is 14.1. The summed E-state index contributed by atoms with van der Waals surface area (Å²) in [4.78, 5) is 48.7. The summed E-state index contributed by atoms with van der Waals surface area (Å²) < 4.78 is 40.4. The van der Waals surface area contributed by atoms with Crippen molar-refractivity contribution in [3.05, 3.63) is 83.6 Å². The zero-order valence-electron chi connectivity index (χ0n) is 21.2. The van der Waals surface area contributed by atoms with Gasteiger partial charge in [-0.2, -0.15) is 13.2 Å². The van der Waals surface area contributed by atoms with Crippen molar-refractivity contribution < 1.29 is 27.6 Å². The molecule has 0 spiro atoms. The molecule has 5 rings (SSSR count). The van der Waals surface area contributed by atoms with Gasteiger partial charge in [0.1, 0.15) is 17.8 Å². The van der Waals surface area contributed by atoms with E-state index in [0.29, 0.717) is 76.2 Å². The number of halogens is 5. The Bertz CT molecular complexity index is 1580. The van der Waals surface area contributed by atoms with E-state index >= 15 is 0 Å². The fraction of sp³-hybridized carbons (Fsp3) is 0.346. The molecule has 216 valence electrons. The minimum absolute atomic E-state index is 0.0623. The Morgan fingerprint density at radius 1 is 1.17 bits per heavy atom. The van der Waals surface area contributed by atoms with Crippen LogP contribution in [-0.4, -0.2) is 45.1 Å². The van der Waals surface area contributed by atoms with Crippen LogP contribution in [0.4, 0.5) is 13.2 Å². The van der Waals surface area contributed by atoms with E-state index in [1.165, 1.54) is 16.2 Å². The molecule has 0 saturated carbocycles. The number of thiazole rings is 1. The second-order valence-corrected chi connectivity index (χ2v) is 11.3. The van der Waals surface area contributed by atoms with Gasteiger partial charge >= 0.3 is 6.18 Å². The van der Waals surface area contributed by atoms with Crippen molar-refractivity contribution in [1.82, 2.24) is 14.5 Å². The highest BCUT2D eigenvalue weighted by atomic mass is 35.5. The summed E-state index contributed by atoms with van der Waals surface area (Å²) in [6.45, 7) is 0.00339. The van der Waals surface area contributed by atoms with E-state index in [0.717, 1.165) is 5.01 Å². The van der Waals surface area contributed by atoms with Crippen LogP contribution in [0.3, 0.4) is 0 Å². The number of primary amides is 1. The highest BCUT2D eigenvalue weighted by Gasteiger charge is 2.34. The summed E-state index contributed by atoms with van der Waals surface area (Å²) in [6.07, 6.45) is -3.13. The number of benzene rings is 1. The van der Waals surface area contributed by atoms with E-state index in [-0.39, 0.29) is 5.92 Å². The van der Waals surface area contributed by atoms with E-state index in [1.54, 1.807) is 18.2 Å². The van der Waals surface area contributed by atoms with E-state index in [4.69, 9.17) is 38.8 Å². The molecular formula is C26H22Cl2F3N5O4S. The Hall–Kier alpha value is -3.42. The third-order valence-electron chi connectivity index (χ3n) is 6.99. The van der Waals surface area contributed by atoms with Gasteiger partial charge in [0.2, 0.25) is 5.91 Å². The number of carbonyl (C=O) groups excluding carboxylic acids is 2. The largest absolute Gasteiger partial charge is 0.417 e. The lowest BCUT2D eigenvalue weighted by Crippen LogP contribution is -2.42. The number of nitrogens with zero attached hydrogens (tertiary/aromatic N) is 4. The van der Waals surface area contributed by atoms with Gasteiger partial charge in [-0.3, -0.25) is 14.4 Å². The Morgan fingerprint density at radius 2 is 1.85 bits per heavy atom. The third kappa shape index (κ3) is 6.11. The lowest BCUT2D eigenvalue weighted by atomic mass is 9.97. The molecule has 1 unspecified atom stereocenters. The Balaban J connectivity index is 1.21. The molecule has 0 radical (unpaired) electrons. The van der Waals surface area contributed by atoms with Crippen molar-refractivity contribution >= 4 is 52.1 Å². The van der Waals surface area contributed by atoms with Crippen LogP contribution in [0.2, 0.25) is 10.0 Å². The second kappa shape index (κ2) is 11.5. The maximum Gasteiger partial charge on any atom is 0.417 e. The average molecular weight is 628 g/mol. The highest BCUT2D eigenvalue weighted by molar-refractivity contribution is 7.10. The van der Waals surface area contributed by atoms with Crippen LogP contribution in [0.5, 0.6) is 0 Å². The molecule has 1 atom stereocenters. The van der Waals surface area contributed by atoms with Crippen LogP contribution in [0.15, 0.2) is 45.8 Å². The molecule has 2 aliphatic rings. The summed E-state index contributed by atoms with van der Waals surface area (Å²) >= 11 is 14.1. The standard InChI is InChI=1S/C26H22Cl2F3N5O4S/c27-16-2-1-3-17(28)22(16)20-9-18(34-40-20)19-12-41-24(33-19)13-4-6-35(7-5-13)21(37)11-36-10-14(26(29,30)31)8-15(23(32)38)25(36)39/h1-3,8,10,12-13,20H,4-7,9,11H2,(H2,32,38). The molecule has 3 aromatic rings. The summed E-state index contributed by atoms with van der Waals surface area (Å²) in [5.74, 6) is -1.78. The van der Waals surface area contributed by atoms with E-state index in [2.05, 4.69) is 5.16 Å². The number of piperidine rings is 1. The van der Waals surface area contributed by atoms with Crippen LogP contribution >= 0.6 is 34.5 Å². The number of aromatic nitrogens is 2. The monoisotopic (exact) mass is 627 g/mol. The Kier molecular flexibility index (Phi) is 8.13. The van der Waals surface area contributed by atoms with Gasteiger partial charge in [-0.1, -0.05) is 34.4 Å². The van der Waals surface area contributed by atoms with Crippen molar-refractivity contribution in [2.24, 2.45) is 10.9 Å². The first-order chi connectivity index (χ1) is 19.4. The number of pyridine rings is 1. The Labute approximate surface area is 245 Å². The normalized spacial score (nSPS) is 17.8. The fourth-order valence-corrected chi connectivity index (χ4v) is 6.46. The molecule has 15 heteroatoms. The predicted octanol–water partition coefficient (Wildman–Crippen LogP) is 5.00. The second-order valence-electron chi connectivity index (χ2n) is 9.64. The number of alkyl halides is 3. The van der Waals surface area contributed by atoms with Crippen LogP contribution in [-0.2, 0) is 22.4 Å². The average Bonchev–Trinajstić information content (AvgIpc) is 3.59. The molecule has 2 aromatic heterocycles. The molecule has 2 N–H and O–H groups in total. The van der Waals surface area contributed by atoms with Gasteiger partial charge in [-0.25, -0.2) is 4.98 Å². The maximum atomic E-state index is 13.3. The minimum Gasteiger partial charge on any atom is -0.387 e. The first kappa shape index (κ1) is 29.1. The number of nitrogens with two attached hydrogens (primary N) is 1. The summed E-state index contributed by atoms with van der Waals surface area (Å²) in [7, 11) is 0. The topological polar surface area (TPSA) is 120 Å². The smallest absolute Gasteiger partial charge is 0.387 e. The van der Waals surface area contributed by atoms with Crippen molar-refractivity contribution in [2.45, 2.75) is 44.0 Å². The van der Waals surface area contributed by atoms with E-state index in [9.17, 15) is 27.6 Å². The molecule has 9 nitrogen and oxygen atoms in total. The molecule has 0 bridgehead atoms. The number of amides is 2. The Morgan fingerprint density at radius 3 is 2.49 bits per heavy atom. The quantitative estimate of drug-likeness (QED) is 0.412. The molecule has 2 aliphatic heterocycles. The highest BCUT2D eigenvalue weighted by Crippen LogP contribution is 2.39.